The predicted molar refractivity (Wildman–Crippen MR) is 112 cm³/mol. The maximum absolute atomic E-state index is 12.7. The van der Waals surface area contributed by atoms with E-state index in [1.165, 1.54) is 10.4 Å². The van der Waals surface area contributed by atoms with Gasteiger partial charge in [-0.1, -0.05) is 23.8 Å². The van der Waals surface area contributed by atoms with Gasteiger partial charge in [-0.15, -0.1) is 11.3 Å². The van der Waals surface area contributed by atoms with Crippen LogP contribution in [-0.4, -0.2) is 43.7 Å². The molecular formula is C19H24N4O4S2. The van der Waals surface area contributed by atoms with Crippen LogP contribution in [0.15, 0.2) is 39.9 Å². The van der Waals surface area contributed by atoms with Crippen LogP contribution in [0.5, 0.6) is 0 Å². The standard InChI is InChI=1S/C19H24N4O4S2/c1-13-7-8-15(14(2)11-13)20-12-17(24)21-22-19(25)16-5-3-9-23(16)29(26,27)18-6-4-10-28-18/h4,6-8,10-11,16,20H,3,5,9,12H2,1-2H3,(H,21,24)(H,22,25). The first kappa shape index (κ1) is 21.3. The number of aryl methyl sites for hydroxylation is 2. The first-order valence-corrected chi connectivity index (χ1v) is 11.6. The number of nitrogens with one attached hydrogen (secondary N) is 3. The van der Waals surface area contributed by atoms with Gasteiger partial charge in [0.2, 0.25) is 0 Å². The zero-order valence-electron chi connectivity index (χ0n) is 16.3. The van der Waals surface area contributed by atoms with Gasteiger partial charge in [-0.2, -0.15) is 4.31 Å². The molecule has 1 aromatic carbocycles. The summed E-state index contributed by atoms with van der Waals surface area (Å²) in [5.41, 5.74) is 7.68. The minimum Gasteiger partial charge on any atom is -0.376 e. The Bertz CT molecular complexity index is 990. The third-order valence-electron chi connectivity index (χ3n) is 4.71. The quantitative estimate of drug-likeness (QED) is 0.599. The normalized spacial score (nSPS) is 17.1. The number of hydrazine groups is 1. The molecule has 0 aliphatic carbocycles. The second-order valence-corrected chi connectivity index (χ2v) is 9.98. The Hall–Kier alpha value is -2.43. The van der Waals surface area contributed by atoms with Crippen molar-refractivity contribution in [2.75, 3.05) is 18.4 Å². The minimum atomic E-state index is -3.72. The van der Waals surface area contributed by atoms with Gasteiger partial charge in [0.15, 0.2) is 0 Å². The second kappa shape index (κ2) is 8.93. The maximum atomic E-state index is 12.7. The Balaban J connectivity index is 1.53. The highest BCUT2D eigenvalue weighted by Crippen LogP contribution is 2.28. The predicted octanol–water partition coefficient (Wildman–Crippen LogP) is 1.78. The lowest BCUT2D eigenvalue weighted by molar-refractivity contribution is -0.130. The molecule has 1 aliphatic heterocycles. The summed E-state index contributed by atoms with van der Waals surface area (Å²) in [5.74, 6) is -0.966. The van der Waals surface area contributed by atoms with E-state index in [9.17, 15) is 18.0 Å². The van der Waals surface area contributed by atoms with E-state index < -0.39 is 27.9 Å². The Morgan fingerprint density at radius 1 is 1.21 bits per heavy atom. The van der Waals surface area contributed by atoms with E-state index in [-0.39, 0.29) is 17.3 Å². The van der Waals surface area contributed by atoms with Crippen LogP contribution in [0.4, 0.5) is 5.69 Å². The fourth-order valence-electron chi connectivity index (χ4n) is 3.26. The molecule has 0 spiro atoms. The summed E-state index contributed by atoms with van der Waals surface area (Å²) in [5, 5.41) is 4.70. The number of rotatable bonds is 6. The molecule has 1 fully saturated rings. The fraction of sp³-hybridized carbons (Fsp3) is 0.368. The number of hydrogen-bond donors (Lipinski definition) is 3. The van der Waals surface area contributed by atoms with Gasteiger partial charge in [-0.3, -0.25) is 20.4 Å². The average molecular weight is 437 g/mol. The molecule has 1 unspecified atom stereocenters. The van der Waals surface area contributed by atoms with Crippen LogP contribution < -0.4 is 16.2 Å². The van der Waals surface area contributed by atoms with Crippen LogP contribution in [0.3, 0.4) is 0 Å². The van der Waals surface area contributed by atoms with E-state index in [1.54, 1.807) is 11.4 Å². The molecule has 1 aliphatic rings. The smallest absolute Gasteiger partial charge is 0.257 e. The number of sulfonamides is 1. The van der Waals surface area contributed by atoms with Gasteiger partial charge in [-0.25, -0.2) is 8.42 Å². The van der Waals surface area contributed by atoms with Crippen molar-refractivity contribution in [2.24, 2.45) is 0 Å². The van der Waals surface area contributed by atoms with Gasteiger partial charge in [-0.05, 0) is 49.8 Å². The third-order valence-corrected chi connectivity index (χ3v) is 7.99. The summed E-state index contributed by atoms with van der Waals surface area (Å²) < 4.78 is 26.9. The van der Waals surface area contributed by atoms with Gasteiger partial charge in [0, 0.05) is 12.2 Å². The van der Waals surface area contributed by atoms with E-state index >= 15 is 0 Å². The highest BCUT2D eigenvalue weighted by molar-refractivity contribution is 7.91. The van der Waals surface area contributed by atoms with Crippen molar-refractivity contribution in [3.63, 3.8) is 0 Å². The summed E-state index contributed by atoms with van der Waals surface area (Å²) in [7, 11) is -3.72. The highest BCUT2D eigenvalue weighted by Gasteiger charge is 2.40. The molecule has 2 heterocycles. The van der Waals surface area contributed by atoms with E-state index in [0.717, 1.165) is 28.2 Å². The molecule has 29 heavy (non-hydrogen) atoms. The fourth-order valence-corrected chi connectivity index (χ4v) is 6.04. The van der Waals surface area contributed by atoms with Crippen LogP contribution in [0, 0.1) is 13.8 Å². The Morgan fingerprint density at radius 3 is 2.69 bits per heavy atom. The molecule has 1 saturated heterocycles. The van der Waals surface area contributed by atoms with Crippen LogP contribution in [0.25, 0.3) is 0 Å². The van der Waals surface area contributed by atoms with E-state index in [0.29, 0.717) is 12.8 Å². The Morgan fingerprint density at radius 2 is 2.00 bits per heavy atom. The number of thiophene rings is 1. The van der Waals surface area contributed by atoms with Crippen LogP contribution in [0.2, 0.25) is 0 Å². The minimum absolute atomic E-state index is 0.0218. The Kier molecular flexibility index (Phi) is 6.56. The molecular weight excluding hydrogens is 412 g/mol. The first-order chi connectivity index (χ1) is 13.8. The lowest BCUT2D eigenvalue weighted by Gasteiger charge is -2.22. The number of nitrogens with zero attached hydrogens (tertiary/aromatic N) is 1. The third kappa shape index (κ3) is 4.95. The first-order valence-electron chi connectivity index (χ1n) is 9.24. The van der Waals surface area contributed by atoms with Crippen molar-refractivity contribution in [2.45, 2.75) is 36.9 Å². The molecule has 0 saturated carbocycles. The summed E-state index contributed by atoms with van der Waals surface area (Å²) in [4.78, 5) is 24.6. The number of hydrogen-bond acceptors (Lipinski definition) is 6. The Labute approximate surface area is 174 Å². The van der Waals surface area contributed by atoms with Crippen molar-refractivity contribution >= 4 is 38.9 Å². The van der Waals surface area contributed by atoms with Gasteiger partial charge < -0.3 is 5.32 Å². The molecule has 0 bridgehead atoms. The van der Waals surface area contributed by atoms with E-state index in [2.05, 4.69) is 16.2 Å². The molecule has 8 nitrogen and oxygen atoms in total. The number of benzene rings is 1. The summed E-state index contributed by atoms with van der Waals surface area (Å²) in [6, 6.07) is 8.18. The molecule has 1 atom stereocenters. The molecule has 2 amide bonds. The van der Waals surface area contributed by atoms with E-state index in [1.807, 2.05) is 32.0 Å². The van der Waals surface area contributed by atoms with Crippen molar-refractivity contribution in [3.8, 4) is 0 Å². The van der Waals surface area contributed by atoms with Crippen LogP contribution in [0.1, 0.15) is 24.0 Å². The summed E-state index contributed by atoms with van der Waals surface area (Å²) >= 11 is 1.12. The van der Waals surface area contributed by atoms with Gasteiger partial charge in [0.05, 0.1) is 6.54 Å². The second-order valence-electron chi connectivity index (χ2n) is 6.92. The largest absolute Gasteiger partial charge is 0.376 e. The molecule has 1 aromatic heterocycles. The SMILES string of the molecule is Cc1ccc(NCC(=O)NNC(=O)C2CCCN2S(=O)(=O)c2cccs2)c(C)c1. The van der Waals surface area contributed by atoms with Gasteiger partial charge in [0.25, 0.3) is 21.8 Å². The lowest BCUT2D eigenvalue weighted by atomic mass is 10.1. The molecule has 156 valence electrons. The van der Waals surface area contributed by atoms with Crippen molar-refractivity contribution < 1.29 is 18.0 Å². The average Bonchev–Trinajstić information content (AvgIpc) is 3.37. The number of amides is 2. The zero-order chi connectivity index (χ0) is 21.0. The molecule has 2 aromatic rings. The topological polar surface area (TPSA) is 108 Å². The van der Waals surface area contributed by atoms with Crippen LogP contribution >= 0.6 is 11.3 Å². The molecule has 3 rings (SSSR count). The molecule has 10 heteroatoms. The highest BCUT2D eigenvalue weighted by atomic mass is 32.2. The zero-order valence-corrected chi connectivity index (χ0v) is 17.9. The van der Waals surface area contributed by atoms with Crippen molar-refractivity contribution in [3.05, 3.63) is 46.8 Å². The summed E-state index contributed by atoms with van der Waals surface area (Å²) in [6.07, 6.45) is 0.998. The molecule has 0 radical (unpaired) electrons. The molecule has 3 N–H and O–H groups in total. The van der Waals surface area contributed by atoms with E-state index in [4.69, 9.17) is 0 Å². The monoisotopic (exact) mass is 436 g/mol. The summed E-state index contributed by atoms with van der Waals surface area (Å²) in [6.45, 7) is 4.19. The van der Waals surface area contributed by atoms with Crippen LogP contribution in [-0.2, 0) is 19.6 Å². The lowest BCUT2D eigenvalue weighted by Crippen LogP contribution is -2.52. The van der Waals surface area contributed by atoms with Gasteiger partial charge in [0.1, 0.15) is 10.3 Å². The van der Waals surface area contributed by atoms with Crippen molar-refractivity contribution in [1.82, 2.24) is 15.2 Å². The van der Waals surface area contributed by atoms with Crippen molar-refractivity contribution in [1.29, 1.82) is 0 Å². The number of anilines is 1. The van der Waals surface area contributed by atoms with Gasteiger partial charge >= 0.3 is 0 Å². The number of carbonyl (C=O) groups is 2. The maximum Gasteiger partial charge on any atom is 0.257 e. The number of carbonyl (C=O) groups excluding carboxylic acids is 2.